The van der Waals surface area contributed by atoms with Crippen LogP contribution >= 0.6 is 0 Å². The Morgan fingerprint density at radius 2 is 1.60 bits per heavy atom. The average Bonchev–Trinajstić information content (AvgIpc) is 2.52. The van der Waals surface area contributed by atoms with E-state index >= 15 is 0 Å². The van der Waals surface area contributed by atoms with Gasteiger partial charge in [0.1, 0.15) is 0 Å². The molecule has 0 spiro atoms. The lowest BCUT2D eigenvalue weighted by Gasteiger charge is -2.06. The maximum Gasteiger partial charge on any atom is 0.384 e. The van der Waals surface area contributed by atoms with Gasteiger partial charge in [0.05, 0.1) is 7.11 Å². The van der Waals surface area contributed by atoms with Crippen LogP contribution in [0.5, 0.6) is 0 Å². The molecule has 3 aromatic carbocycles. The first-order chi connectivity index (χ1) is 9.79. The SMILES string of the molecule is COC(=O)C#Cc1cc2ccccc2c2ccccc12. The van der Waals surface area contributed by atoms with E-state index < -0.39 is 5.97 Å². The van der Waals surface area contributed by atoms with Crippen molar-refractivity contribution < 1.29 is 9.53 Å². The third kappa shape index (κ3) is 2.10. The Balaban J connectivity index is 2.34. The van der Waals surface area contributed by atoms with Gasteiger partial charge in [-0.1, -0.05) is 54.5 Å². The molecule has 0 atom stereocenters. The normalized spacial score (nSPS) is 10.1. The van der Waals surface area contributed by atoms with Crippen molar-refractivity contribution in [1.29, 1.82) is 0 Å². The molecule has 0 saturated carbocycles. The molecule has 3 rings (SSSR count). The minimum absolute atomic E-state index is 0.526. The second-order valence-electron chi connectivity index (χ2n) is 4.43. The fourth-order valence-corrected chi connectivity index (χ4v) is 2.33. The number of methoxy groups -OCH3 is 1. The number of carbonyl (C=O) groups excluding carboxylic acids is 1. The van der Waals surface area contributed by atoms with Gasteiger partial charge in [-0.15, -0.1) is 0 Å². The molecule has 0 amide bonds. The maximum atomic E-state index is 11.2. The molecule has 20 heavy (non-hydrogen) atoms. The molecule has 0 unspecified atom stereocenters. The molecule has 0 aliphatic rings. The zero-order chi connectivity index (χ0) is 13.9. The summed E-state index contributed by atoms with van der Waals surface area (Å²) in [6.45, 7) is 0. The summed E-state index contributed by atoms with van der Waals surface area (Å²) in [5.41, 5.74) is 0.838. The first kappa shape index (κ1) is 12.3. The summed E-state index contributed by atoms with van der Waals surface area (Å²) in [6.07, 6.45) is 0. The Morgan fingerprint density at radius 1 is 0.950 bits per heavy atom. The highest BCUT2D eigenvalue weighted by atomic mass is 16.5. The van der Waals surface area contributed by atoms with Crippen LogP contribution in [0, 0.1) is 11.8 Å². The predicted octanol–water partition coefficient (Wildman–Crippen LogP) is 3.52. The van der Waals surface area contributed by atoms with Gasteiger partial charge in [0.15, 0.2) is 0 Å². The molecular formula is C18H12O2. The molecule has 0 aliphatic carbocycles. The zero-order valence-corrected chi connectivity index (χ0v) is 11.0. The lowest BCUT2D eigenvalue weighted by Crippen LogP contribution is -1.94. The quantitative estimate of drug-likeness (QED) is 0.351. The predicted molar refractivity (Wildman–Crippen MR) is 80.3 cm³/mol. The minimum Gasteiger partial charge on any atom is -0.459 e. The Labute approximate surface area is 117 Å². The van der Waals surface area contributed by atoms with Gasteiger partial charge in [0.25, 0.3) is 0 Å². The lowest BCUT2D eigenvalue weighted by molar-refractivity contribution is -0.133. The van der Waals surface area contributed by atoms with Crippen molar-refractivity contribution in [3.05, 3.63) is 60.2 Å². The molecule has 0 aliphatic heterocycles. The average molecular weight is 260 g/mol. The van der Waals surface area contributed by atoms with Crippen LogP contribution in [-0.4, -0.2) is 13.1 Å². The van der Waals surface area contributed by atoms with E-state index in [1.807, 2.05) is 42.5 Å². The Hall–Kier alpha value is -2.79. The molecule has 2 nitrogen and oxygen atoms in total. The molecule has 0 bridgehead atoms. The van der Waals surface area contributed by atoms with E-state index in [-0.39, 0.29) is 0 Å². The van der Waals surface area contributed by atoms with Crippen molar-refractivity contribution in [2.45, 2.75) is 0 Å². The molecule has 2 heteroatoms. The van der Waals surface area contributed by atoms with Crippen molar-refractivity contribution in [3.63, 3.8) is 0 Å². The van der Waals surface area contributed by atoms with E-state index in [4.69, 9.17) is 0 Å². The van der Waals surface area contributed by atoms with E-state index in [9.17, 15) is 4.79 Å². The number of ether oxygens (including phenoxy) is 1. The molecular weight excluding hydrogens is 248 g/mol. The van der Waals surface area contributed by atoms with E-state index in [1.165, 1.54) is 12.5 Å². The Bertz CT molecular complexity index is 867. The van der Waals surface area contributed by atoms with Crippen LogP contribution in [0.25, 0.3) is 21.5 Å². The second-order valence-corrected chi connectivity index (χ2v) is 4.43. The number of hydrogen-bond acceptors (Lipinski definition) is 2. The molecule has 0 N–H and O–H groups in total. The molecule has 0 saturated heterocycles. The summed E-state index contributed by atoms with van der Waals surface area (Å²) in [6, 6.07) is 18.2. The van der Waals surface area contributed by atoms with Crippen molar-refractivity contribution in [2.75, 3.05) is 7.11 Å². The number of esters is 1. The number of fused-ring (bicyclic) bond motifs is 3. The minimum atomic E-state index is -0.526. The second kappa shape index (κ2) is 5.07. The van der Waals surface area contributed by atoms with Gasteiger partial charge in [-0.3, -0.25) is 0 Å². The van der Waals surface area contributed by atoms with Crippen LogP contribution in [0.15, 0.2) is 54.6 Å². The molecule has 0 fully saturated rings. The van der Waals surface area contributed by atoms with Gasteiger partial charge < -0.3 is 4.74 Å². The summed E-state index contributed by atoms with van der Waals surface area (Å²) in [5.74, 6) is 4.87. The standard InChI is InChI=1S/C18H12O2/c1-20-18(19)11-10-14-12-13-6-2-3-7-15(13)17-9-5-4-8-16(14)17/h2-9,12H,1H3. The smallest absolute Gasteiger partial charge is 0.384 e. The number of benzene rings is 3. The van der Waals surface area contributed by atoms with Crippen molar-refractivity contribution in [2.24, 2.45) is 0 Å². The van der Waals surface area contributed by atoms with E-state index in [0.29, 0.717) is 0 Å². The van der Waals surface area contributed by atoms with Gasteiger partial charge in [-0.25, -0.2) is 4.79 Å². The van der Waals surface area contributed by atoms with Gasteiger partial charge in [-0.2, -0.15) is 0 Å². The number of rotatable bonds is 0. The fourth-order valence-electron chi connectivity index (χ4n) is 2.33. The highest BCUT2D eigenvalue weighted by Gasteiger charge is 2.04. The first-order valence-corrected chi connectivity index (χ1v) is 6.30. The van der Waals surface area contributed by atoms with E-state index in [0.717, 1.165) is 21.7 Å². The summed E-state index contributed by atoms with van der Waals surface area (Å²) in [5, 5.41) is 4.48. The van der Waals surface area contributed by atoms with Crippen molar-refractivity contribution >= 4 is 27.5 Å². The Kier molecular flexibility index (Phi) is 3.10. The third-order valence-electron chi connectivity index (χ3n) is 3.25. The topological polar surface area (TPSA) is 26.3 Å². The summed E-state index contributed by atoms with van der Waals surface area (Å²) in [4.78, 5) is 11.2. The van der Waals surface area contributed by atoms with Crippen LogP contribution in [0.4, 0.5) is 0 Å². The van der Waals surface area contributed by atoms with E-state index in [2.05, 4.69) is 28.7 Å². The van der Waals surface area contributed by atoms with E-state index in [1.54, 1.807) is 0 Å². The monoisotopic (exact) mass is 260 g/mol. The van der Waals surface area contributed by atoms with Gasteiger partial charge in [-0.05, 0) is 27.6 Å². The van der Waals surface area contributed by atoms with Crippen LogP contribution in [0.3, 0.4) is 0 Å². The summed E-state index contributed by atoms with van der Waals surface area (Å²) in [7, 11) is 1.33. The highest BCUT2D eigenvalue weighted by Crippen LogP contribution is 2.28. The van der Waals surface area contributed by atoms with Crippen molar-refractivity contribution in [3.8, 4) is 11.8 Å². The van der Waals surface area contributed by atoms with Crippen molar-refractivity contribution in [1.82, 2.24) is 0 Å². The van der Waals surface area contributed by atoms with Crippen LogP contribution in [-0.2, 0) is 9.53 Å². The molecule has 0 radical (unpaired) electrons. The molecule has 0 heterocycles. The van der Waals surface area contributed by atoms with Crippen LogP contribution in [0.1, 0.15) is 5.56 Å². The lowest BCUT2D eigenvalue weighted by atomic mass is 9.97. The summed E-state index contributed by atoms with van der Waals surface area (Å²) < 4.78 is 4.56. The molecule has 3 aromatic rings. The maximum absolute atomic E-state index is 11.2. The first-order valence-electron chi connectivity index (χ1n) is 6.30. The molecule has 96 valence electrons. The van der Waals surface area contributed by atoms with Gasteiger partial charge >= 0.3 is 5.97 Å². The number of hydrogen-bond donors (Lipinski definition) is 0. The number of carbonyl (C=O) groups is 1. The third-order valence-corrected chi connectivity index (χ3v) is 3.25. The zero-order valence-electron chi connectivity index (χ0n) is 11.0. The largest absolute Gasteiger partial charge is 0.459 e. The van der Waals surface area contributed by atoms with Crippen LogP contribution in [0.2, 0.25) is 0 Å². The van der Waals surface area contributed by atoms with Gasteiger partial charge in [0, 0.05) is 11.5 Å². The highest BCUT2D eigenvalue weighted by molar-refractivity contribution is 6.10. The van der Waals surface area contributed by atoms with Crippen LogP contribution < -0.4 is 0 Å². The fraction of sp³-hybridized carbons (Fsp3) is 0.0556. The summed E-state index contributed by atoms with van der Waals surface area (Å²) >= 11 is 0. The molecule has 0 aromatic heterocycles. The Morgan fingerprint density at radius 3 is 2.35 bits per heavy atom. The van der Waals surface area contributed by atoms with Gasteiger partial charge in [0.2, 0.25) is 0 Å².